The minimum absolute atomic E-state index is 0.0115. The molecule has 3 aromatic carbocycles. The fourth-order valence-corrected chi connectivity index (χ4v) is 6.83. The maximum Gasteiger partial charge on any atom is 0.415 e. The molecule has 0 heterocycles. The Morgan fingerprint density at radius 2 is 1.62 bits per heavy atom. The third kappa shape index (κ3) is 6.54. The number of aryl methyl sites for hydroxylation is 1. The van der Waals surface area contributed by atoms with Gasteiger partial charge in [0.25, 0.3) is 0 Å². The molecule has 2 amide bonds. The average molecular weight is 567 g/mol. The Morgan fingerprint density at radius 1 is 0.857 bits per heavy atom. The van der Waals surface area contributed by atoms with Crippen molar-refractivity contribution in [1.82, 2.24) is 10.2 Å². The highest BCUT2D eigenvalue weighted by Gasteiger charge is 2.35. The SMILES string of the molecule is O=C(N[C@@H](CO)c1ccccc1)[C@H]1CCCC[C@@H]1c1ccc(CN(C(=O)Oc2cccc3c2CCCC3)C2CC2)cc1. The van der Waals surface area contributed by atoms with Gasteiger partial charge < -0.3 is 20.1 Å². The number of hydrogen-bond acceptors (Lipinski definition) is 4. The number of benzene rings is 3. The molecule has 0 aliphatic heterocycles. The van der Waals surface area contributed by atoms with Gasteiger partial charge in [-0.2, -0.15) is 0 Å². The van der Waals surface area contributed by atoms with E-state index in [9.17, 15) is 14.7 Å². The van der Waals surface area contributed by atoms with Gasteiger partial charge in [0.15, 0.2) is 0 Å². The molecule has 3 aliphatic rings. The van der Waals surface area contributed by atoms with Crippen molar-refractivity contribution in [2.75, 3.05) is 6.61 Å². The predicted molar refractivity (Wildman–Crippen MR) is 163 cm³/mol. The Kier molecular flexibility index (Phi) is 8.90. The molecule has 2 N–H and O–H groups in total. The topological polar surface area (TPSA) is 78.9 Å². The third-order valence-electron chi connectivity index (χ3n) is 9.34. The normalized spacial score (nSPS) is 20.7. The van der Waals surface area contributed by atoms with E-state index in [1.54, 1.807) is 0 Å². The van der Waals surface area contributed by atoms with Crippen LogP contribution < -0.4 is 10.1 Å². The number of carbonyl (C=O) groups excluding carboxylic acids is 2. The van der Waals surface area contributed by atoms with E-state index in [4.69, 9.17) is 4.74 Å². The van der Waals surface area contributed by atoms with Gasteiger partial charge in [0.1, 0.15) is 5.75 Å². The lowest BCUT2D eigenvalue weighted by molar-refractivity contribution is -0.127. The molecular formula is C36H42N2O4. The van der Waals surface area contributed by atoms with Crippen LogP contribution in [0.25, 0.3) is 0 Å². The molecule has 6 nitrogen and oxygen atoms in total. The first-order chi connectivity index (χ1) is 20.6. The summed E-state index contributed by atoms with van der Waals surface area (Å²) in [6, 6.07) is 24.0. The van der Waals surface area contributed by atoms with Crippen LogP contribution in [0.2, 0.25) is 0 Å². The molecule has 6 heteroatoms. The van der Waals surface area contributed by atoms with Gasteiger partial charge in [-0.25, -0.2) is 4.79 Å². The lowest BCUT2D eigenvalue weighted by Crippen LogP contribution is -2.39. The van der Waals surface area contributed by atoms with Crippen molar-refractivity contribution in [1.29, 1.82) is 0 Å². The molecule has 0 unspecified atom stereocenters. The second-order valence-corrected chi connectivity index (χ2v) is 12.2. The molecule has 0 aromatic heterocycles. The van der Waals surface area contributed by atoms with Gasteiger partial charge in [0.05, 0.1) is 12.6 Å². The van der Waals surface area contributed by atoms with Crippen LogP contribution in [0, 0.1) is 5.92 Å². The highest BCUT2D eigenvalue weighted by molar-refractivity contribution is 5.80. The van der Waals surface area contributed by atoms with Crippen molar-refractivity contribution in [3.05, 3.63) is 101 Å². The number of aliphatic hydroxyl groups excluding tert-OH is 1. The highest BCUT2D eigenvalue weighted by Crippen LogP contribution is 2.39. The van der Waals surface area contributed by atoms with Crippen LogP contribution in [0.1, 0.15) is 91.1 Å². The number of rotatable bonds is 9. The van der Waals surface area contributed by atoms with Crippen molar-refractivity contribution >= 4 is 12.0 Å². The lowest BCUT2D eigenvalue weighted by atomic mass is 9.74. The minimum Gasteiger partial charge on any atom is -0.410 e. The van der Waals surface area contributed by atoms with E-state index in [2.05, 4.69) is 35.6 Å². The number of carbonyl (C=O) groups is 2. The zero-order valence-corrected chi connectivity index (χ0v) is 24.3. The number of hydrogen-bond donors (Lipinski definition) is 2. The molecule has 3 atom stereocenters. The van der Waals surface area contributed by atoms with E-state index >= 15 is 0 Å². The lowest BCUT2D eigenvalue weighted by Gasteiger charge is -2.32. The summed E-state index contributed by atoms with van der Waals surface area (Å²) in [6.07, 6.45) is 10.1. The molecule has 6 rings (SSSR count). The summed E-state index contributed by atoms with van der Waals surface area (Å²) in [6.45, 7) is 0.386. The number of ether oxygens (including phenoxy) is 1. The van der Waals surface area contributed by atoms with Crippen LogP contribution in [-0.4, -0.2) is 34.7 Å². The Labute approximate surface area is 249 Å². The Morgan fingerprint density at radius 3 is 2.38 bits per heavy atom. The van der Waals surface area contributed by atoms with Crippen molar-refractivity contribution < 1.29 is 19.4 Å². The molecule has 3 aromatic rings. The number of nitrogens with one attached hydrogen (secondary N) is 1. The predicted octanol–water partition coefficient (Wildman–Crippen LogP) is 6.85. The maximum absolute atomic E-state index is 13.5. The van der Waals surface area contributed by atoms with Gasteiger partial charge >= 0.3 is 6.09 Å². The summed E-state index contributed by atoms with van der Waals surface area (Å²) in [5.41, 5.74) is 5.64. The van der Waals surface area contributed by atoms with Gasteiger partial charge in [-0.3, -0.25) is 4.79 Å². The minimum atomic E-state index is -0.404. The number of fused-ring (bicyclic) bond motifs is 1. The molecule has 0 saturated heterocycles. The monoisotopic (exact) mass is 566 g/mol. The van der Waals surface area contributed by atoms with Crippen molar-refractivity contribution in [2.45, 2.75) is 88.8 Å². The van der Waals surface area contributed by atoms with Gasteiger partial charge in [-0.15, -0.1) is 0 Å². The van der Waals surface area contributed by atoms with Crippen LogP contribution in [0.5, 0.6) is 5.75 Å². The van der Waals surface area contributed by atoms with Crippen LogP contribution >= 0.6 is 0 Å². The molecular weight excluding hydrogens is 524 g/mol. The maximum atomic E-state index is 13.5. The Balaban J connectivity index is 1.12. The zero-order valence-electron chi connectivity index (χ0n) is 24.3. The Bertz CT molecular complexity index is 1370. The van der Waals surface area contributed by atoms with E-state index in [1.165, 1.54) is 17.5 Å². The fourth-order valence-electron chi connectivity index (χ4n) is 6.83. The number of aliphatic hydroxyl groups is 1. The van der Waals surface area contributed by atoms with Gasteiger partial charge in [-0.05, 0) is 91.2 Å². The van der Waals surface area contributed by atoms with Crippen LogP contribution in [0.15, 0.2) is 72.8 Å². The van der Waals surface area contributed by atoms with E-state index in [0.29, 0.717) is 6.54 Å². The largest absolute Gasteiger partial charge is 0.415 e. The van der Waals surface area contributed by atoms with E-state index in [-0.39, 0.29) is 36.5 Å². The summed E-state index contributed by atoms with van der Waals surface area (Å²) in [7, 11) is 0. The molecule has 2 fully saturated rings. The summed E-state index contributed by atoms with van der Waals surface area (Å²) >= 11 is 0. The second-order valence-electron chi connectivity index (χ2n) is 12.2. The van der Waals surface area contributed by atoms with Gasteiger partial charge in [0.2, 0.25) is 5.91 Å². The van der Waals surface area contributed by atoms with Crippen molar-refractivity contribution in [3.63, 3.8) is 0 Å². The van der Waals surface area contributed by atoms with E-state index in [0.717, 1.165) is 80.2 Å². The second kappa shape index (κ2) is 13.1. The quantitative estimate of drug-likeness (QED) is 0.297. The zero-order chi connectivity index (χ0) is 28.9. The average Bonchev–Trinajstić information content (AvgIpc) is 3.89. The molecule has 3 aliphatic carbocycles. The summed E-state index contributed by atoms with van der Waals surface area (Å²) in [5, 5.41) is 13.1. The summed E-state index contributed by atoms with van der Waals surface area (Å²) in [4.78, 5) is 28.7. The fraction of sp³-hybridized carbons (Fsp3) is 0.444. The standard InChI is InChI=1S/C36H42N2O4/c39-24-33(28-10-2-1-3-11-28)37-35(40)32-15-7-6-13-30(32)27-19-17-25(18-20-27)23-38(29-21-22-29)36(41)42-34-16-8-12-26-9-4-5-14-31(26)34/h1-3,8,10-12,16-20,29-30,32-33,39H,4-7,9,13-15,21-24H2,(H,37,40)/t30-,32+,33+/m1/s1. The summed E-state index contributed by atoms with van der Waals surface area (Å²) in [5.74, 6) is 0.738. The molecule has 0 radical (unpaired) electrons. The van der Waals surface area contributed by atoms with Crippen LogP contribution in [0.3, 0.4) is 0 Å². The van der Waals surface area contributed by atoms with Crippen molar-refractivity contribution in [2.24, 2.45) is 5.92 Å². The van der Waals surface area contributed by atoms with E-state index in [1.807, 2.05) is 47.4 Å². The first-order valence-electron chi connectivity index (χ1n) is 15.7. The van der Waals surface area contributed by atoms with Crippen molar-refractivity contribution in [3.8, 4) is 5.75 Å². The summed E-state index contributed by atoms with van der Waals surface area (Å²) < 4.78 is 6.01. The van der Waals surface area contributed by atoms with Crippen LogP contribution in [-0.2, 0) is 24.2 Å². The van der Waals surface area contributed by atoms with Crippen LogP contribution in [0.4, 0.5) is 4.79 Å². The first kappa shape index (κ1) is 28.5. The van der Waals surface area contributed by atoms with E-state index < -0.39 is 6.04 Å². The molecule has 42 heavy (non-hydrogen) atoms. The molecule has 2 saturated carbocycles. The number of nitrogens with zero attached hydrogens (tertiary/aromatic N) is 1. The Hall–Kier alpha value is -3.64. The first-order valence-corrected chi connectivity index (χ1v) is 15.7. The third-order valence-corrected chi connectivity index (χ3v) is 9.34. The highest BCUT2D eigenvalue weighted by atomic mass is 16.6. The van der Waals surface area contributed by atoms with Gasteiger partial charge in [-0.1, -0.05) is 79.6 Å². The van der Waals surface area contributed by atoms with Gasteiger partial charge in [0, 0.05) is 18.5 Å². The molecule has 220 valence electrons. The molecule has 0 bridgehead atoms. The number of amides is 2. The molecule has 0 spiro atoms. The smallest absolute Gasteiger partial charge is 0.410 e.